The van der Waals surface area contributed by atoms with Crippen LogP contribution < -0.4 is 11.2 Å². The Kier molecular flexibility index (Phi) is 7.21. The monoisotopic (exact) mass is 482 g/mol. The van der Waals surface area contributed by atoms with Crippen LogP contribution in [0.2, 0.25) is 0 Å². The molecule has 3 N–H and O–H groups in total. The second-order valence-electron chi connectivity index (χ2n) is 6.79. The number of aromatic nitrogens is 3. The van der Waals surface area contributed by atoms with Crippen LogP contribution >= 0.6 is 11.8 Å². The van der Waals surface area contributed by atoms with Crippen LogP contribution in [0, 0.1) is 5.82 Å². The third kappa shape index (κ3) is 5.80. The van der Waals surface area contributed by atoms with Crippen LogP contribution in [0.15, 0.2) is 53.7 Å². The SMILES string of the molecule is CN(CC(=O)Nc1ccccc1C(F)(F)F)C(=O)CSc1nnc(-c2ccccc2F)n1N. The molecule has 0 spiro atoms. The molecule has 0 bridgehead atoms. The van der Waals surface area contributed by atoms with E-state index < -0.39 is 41.6 Å². The second kappa shape index (κ2) is 9.90. The molecule has 0 aliphatic carbocycles. The largest absolute Gasteiger partial charge is 0.418 e. The highest BCUT2D eigenvalue weighted by Crippen LogP contribution is 2.34. The number of carbonyl (C=O) groups excluding carboxylic acids is 2. The van der Waals surface area contributed by atoms with Gasteiger partial charge in [0, 0.05) is 7.05 Å². The quantitative estimate of drug-likeness (QED) is 0.305. The number of thioether (sulfide) groups is 1. The van der Waals surface area contributed by atoms with E-state index in [1.54, 1.807) is 6.07 Å². The molecular formula is C20H18F4N6O2S. The predicted octanol–water partition coefficient (Wildman–Crippen LogP) is 3.01. The standard InChI is InChI=1S/C20H18F4N6O2S/c1-29(10-16(31)26-15-9-5-3-7-13(15)20(22,23)24)17(32)11-33-19-28-27-18(30(19)25)12-6-2-4-8-14(12)21/h2-9H,10-11,25H2,1H3,(H,26,31). The molecule has 2 amide bonds. The number of halogens is 4. The molecule has 0 aliphatic rings. The molecule has 0 unspecified atom stereocenters. The summed E-state index contributed by atoms with van der Waals surface area (Å²) in [6, 6.07) is 10.4. The van der Waals surface area contributed by atoms with E-state index >= 15 is 0 Å². The maximum atomic E-state index is 13.9. The number of nitrogens with two attached hydrogens (primary N) is 1. The summed E-state index contributed by atoms with van der Waals surface area (Å²) in [5.41, 5.74) is -1.25. The Hall–Kier alpha value is -3.61. The van der Waals surface area contributed by atoms with Crippen LogP contribution in [0.3, 0.4) is 0 Å². The predicted molar refractivity (Wildman–Crippen MR) is 114 cm³/mol. The van der Waals surface area contributed by atoms with E-state index in [0.29, 0.717) is 0 Å². The molecule has 1 heterocycles. The fraction of sp³-hybridized carbons (Fsp3) is 0.200. The first-order valence-electron chi connectivity index (χ1n) is 9.36. The van der Waals surface area contributed by atoms with Crippen molar-refractivity contribution in [1.82, 2.24) is 19.8 Å². The Balaban J connectivity index is 1.58. The van der Waals surface area contributed by atoms with Crippen molar-refractivity contribution in [3.05, 3.63) is 59.9 Å². The van der Waals surface area contributed by atoms with Gasteiger partial charge in [0.1, 0.15) is 5.82 Å². The van der Waals surface area contributed by atoms with Crippen LogP contribution in [0.1, 0.15) is 5.56 Å². The highest BCUT2D eigenvalue weighted by Gasteiger charge is 2.33. The lowest BCUT2D eigenvalue weighted by Crippen LogP contribution is -2.36. The van der Waals surface area contributed by atoms with Crippen LogP contribution in [0.5, 0.6) is 0 Å². The molecule has 3 rings (SSSR count). The molecule has 13 heteroatoms. The summed E-state index contributed by atoms with van der Waals surface area (Å²) in [7, 11) is 1.33. The Morgan fingerprint density at radius 2 is 1.79 bits per heavy atom. The van der Waals surface area contributed by atoms with Crippen molar-refractivity contribution in [2.45, 2.75) is 11.3 Å². The third-order valence-electron chi connectivity index (χ3n) is 4.42. The summed E-state index contributed by atoms with van der Waals surface area (Å²) in [5.74, 6) is 3.95. The summed E-state index contributed by atoms with van der Waals surface area (Å²) >= 11 is 0.912. The van der Waals surface area contributed by atoms with E-state index in [-0.39, 0.29) is 22.3 Å². The maximum absolute atomic E-state index is 13.9. The van der Waals surface area contributed by atoms with Crippen LogP contribution in [-0.2, 0) is 15.8 Å². The highest BCUT2D eigenvalue weighted by atomic mass is 32.2. The van der Waals surface area contributed by atoms with Gasteiger partial charge in [-0.3, -0.25) is 9.59 Å². The lowest BCUT2D eigenvalue weighted by Gasteiger charge is -2.18. The van der Waals surface area contributed by atoms with Gasteiger partial charge in [-0.2, -0.15) is 13.2 Å². The average Bonchev–Trinajstić information content (AvgIpc) is 3.12. The highest BCUT2D eigenvalue weighted by molar-refractivity contribution is 7.99. The number of para-hydroxylation sites is 1. The number of benzene rings is 2. The summed E-state index contributed by atoms with van der Waals surface area (Å²) < 4.78 is 54.1. The van der Waals surface area contributed by atoms with Crippen molar-refractivity contribution in [1.29, 1.82) is 0 Å². The number of hydrogen-bond acceptors (Lipinski definition) is 6. The van der Waals surface area contributed by atoms with E-state index in [4.69, 9.17) is 5.84 Å². The molecule has 0 fully saturated rings. The number of likely N-dealkylation sites (N-methyl/N-ethyl adjacent to an activating group) is 1. The third-order valence-corrected chi connectivity index (χ3v) is 5.34. The summed E-state index contributed by atoms with van der Waals surface area (Å²) in [5, 5.41) is 9.99. The van der Waals surface area contributed by atoms with Crippen molar-refractivity contribution in [2.24, 2.45) is 0 Å². The fourth-order valence-electron chi connectivity index (χ4n) is 2.77. The smallest absolute Gasteiger partial charge is 0.336 e. The number of amides is 2. The number of nitrogen functional groups attached to an aromatic ring is 1. The second-order valence-corrected chi connectivity index (χ2v) is 7.73. The Morgan fingerprint density at radius 1 is 1.12 bits per heavy atom. The number of nitrogens with one attached hydrogen (secondary N) is 1. The maximum Gasteiger partial charge on any atom is 0.418 e. The topological polar surface area (TPSA) is 106 Å². The minimum absolute atomic E-state index is 0.0686. The molecular weight excluding hydrogens is 464 g/mol. The van der Waals surface area contributed by atoms with E-state index in [9.17, 15) is 27.2 Å². The zero-order chi connectivity index (χ0) is 24.2. The number of hydrogen-bond donors (Lipinski definition) is 2. The van der Waals surface area contributed by atoms with Gasteiger partial charge in [0.25, 0.3) is 0 Å². The molecule has 174 valence electrons. The summed E-state index contributed by atoms with van der Waals surface area (Å²) in [6.07, 6.45) is -4.64. The van der Waals surface area contributed by atoms with Crippen molar-refractivity contribution in [3.63, 3.8) is 0 Å². The van der Waals surface area contributed by atoms with Crippen molar-refractivity contribution >= 4 is 29.3 Å². The van der Waals surface area contributed by atoms with Crippen LogP contribution in [0.4, 0.5) is 23.2 Å². The lowest BCUT2D eigenvalue weighted by molar-refractivity contribution is -0.137. The Morgan fingerprint density at radius 3 is 2.48 bits per heavy atom. The van der Waals surface area contributed by atoms with E-state index in [1.165, 1.54) is 37.4 Å². The Labute approximate surface area is 189 Å². The van der Waals surface area contributed by atoms with Gasteiger partial charge in [0.05, 0.1) is 29.1 Å². The van der Waals surface area contributed by atoms with Gasteiger partial charge in [0.2, 0.25) is 17.0 Å². The van der Waals surface area contributed by atoms with Crippen LogP contribution in [-0.4, -0.2) is 50.9 Å². The van der Waals surface area contributed by atoms with Crippen molar-refractivity contribution in [2.75, 3.05) is 30.5 Å². The number of alkyl halides is 3. The van der Waals surface area contributed by atoms with Gasteiger partial charge in [-0.05, 0) is 24.3 Å². The molecule has 1 aromatic heterocycles. The van der Waals surface area contributed by atoms with Gasteiger partial charge in [-0.25, -0.2) is 9.07 Å². The minimum atomic E-state index is -4.64. The zero-order valence-electron chi connectivity index (χ0n) is 17.1. The first-order valence-corrected chi connectivity index (χ1v) is 10.3. The van der Waals surface area contributed by atoms with E-state index in [1.807, 2.05) is 0 Å². The first kappa shape index (κ1) is 24.0. The van der Waals surface area contributed by atoms with Gasteiger partial charge in [-0.15, -0.1) is 10.2 Å². The fourth-order valence-corrected chi connectivity index (χ4v) is 3.57. The molecule has 8 nitrogen and oxygen atoms in total. The van der Waals surface area contributed by atoms with Crippen LogP contribution in [0.25, 0.3) is 11.4 Å². The van der Waals surface area contributed by atoms with Gasteiger partial charge in [0.15, 0.2) is 5.82 Å². The molecule has 33 heavy (non-hydrogen) atoms. The molecule has 0 radical (unpaired) electrons. The number of nitrogens with zero attached hydrogens (tertiary/aromatic N) is 4. The molecule has 0 atom stereocenters. The molecule has 0 aliphatic heterocycles. The first-order chi connectivity index (χ1) is 15.6. The van der Waals surface area contributed by atoms with Gasteiger partial charge >= 0.3 is 6.18 Å². The zero-order valence-corrected chi connectivity index (χ0v) is 18.0. The number of anilines is 1. The van der Waals surface area contributed by atoms with Crippen molar-refractivity contribution < 1.29 is 27.2 Å². The average molecular weight is 482 g/mol. The lowest BCUT2D eigenvalue weighted by atomic mass is 10.1. The van der Waals surface area contributed by atoms with E-state index in [2.05, 4.69) is 15.5 Å². The van der Waals surface area contributed by atoms with Gasteiger partial charge in [-0.1, -0.05) is 36.0 Å². The molecule has 3 aromatic rings. The molecule has 0 saturated carbocycles. The van der Waals surface area contributed by atoms with Gasteiger partial charge < -0.3 is 16.1 Å². The van der Waals surface area contributed by atoms with Crippen molar-refractivity contribution in [3.8, 4) is 11.4 Å². The normalized spacial score (nSPS) is 11.3. The summed E-state index contributed by atoms with van der Waals surface area (Å²) in [6.45, 7) is -0.471. The summed E-state index contributed by atoms with van der Waals surface area (Å²) in [4.78, 5) is 25.6. The molecule has 0 saturated heterocycles. The molecule has 2 aromatic carbocycles. The number of rotatable bonds is 7. The minimum Gasteiger partial charge on any atom is -0.336 e. The Bertz CT molecular complexity index is 1170. The number of carbonyl (C=O) groups is 2. The van der Waals surface area contributed by atoms with E-state index in [0.717, 1.165) is 33.5 Å².